The number of ether oxygens (including phenoxy) is 1. The Balaban J connectivity index is 1.74. The van der Waals surface area contributed by atoms with Gasteiger partial charge in [-0.05, 0) is 44.2 Å². The second-order valence-corrected chi connectivity index (χ2v) is 5.04. The Bertz CT molecular complexity index is 341. The van der Waals surface area contributed by atoms with Gasteiger partial charge in [0.25, 0.3) is 0 Å². The molecule has 1 N–H and O–H groups in total. The van der Waals surface area contributed by atoms with Crippen molar-refractivity contribution >= 4 is 17.3 Å². The van der Waals surface area contributed by atoms with Crippen molar-refractivity contribution < 1.29 is 4.74 Å². The van der Waals surface area contributed by atoms with E-state index >= 15 is 0 Å². The van der Waals surface area contributed by atoms with E-state index in [0.29, 0.717) is 6.10 Å². The third-order valence-corrected chi connectivity index (χ3v) is 3.57. The first-order valence-corrected chi connectivity index (χ1v) is 6.76. The van der Waals surface area contributed by atoms with Crippen molar-refractivity contribution in [1.82, 2.24) is 0 Å². The van der Waals surface area contributed by atoms with Crippen molar-refractivity contribution in [2.75, 3.05) is 18.5 Å². The highest BCUT2D eigenvalue weighted by Crippen LogP contribution is 2.25. The summed E-state index contributed by atoms with van der Waals surface area (Å²) in [7, 11) is 0. The highest BCUT2D eigenvalue weighted by molar-refractivity contribution is 6.33. The number of halogens is 1. The van der Waals surface area contributed by atoms with Crippen LogP contribution in [-0.2, 0) is 4.74 Å². The van der Waals surface area contributed by atoms with Crippen LogP contribution in [0.3, 0.4) is 0 Å². The van der Waals surface area contributed by atoms with Crippen molar-refractivity contribution in [3.05, 3.63) is 28.8 Å². The van der Waals surface area contributed by atoms with E-state index in [4.69, 9.17) is 16.3 Å². The third kappa shape index (κ3) is 3.62. The molecule has 0 aromatic heterocycles. The van der Waals surface area contributed by atoms with Gasteiger partial charge in [0.1, 0.15) is 0 Å². The Kier molecular flexibility index (Phi) is 4.69. The van der Waals surface area contributed by atoms with E-state index < -0.39 is 0 Å². The van der Waals surface area contributed by atoms with Crippen molar-refractivity contribution in [3.63, 3.8) is 0 Å². The monoisotopic (exact) mass is 253 g/mol. The minimum atomic E-state index is 0.490. The molecule has 2 nitrogen and oxygen atoms in total. The van der Waals surface area contributed by atoms with Crippen LogP contribution in [0.15, 0.2) is 18.2 Å². The van der Waals surface area contributed by atoms with Gasteiger partial charge < -0.3 is 10.1 Å². The van der Waals surface area contributed by atoms with Gasteiger partial charge in [-0.1, -0.05) is 23.7 Å². The van der Waals surface area contributed by atoms with Gasteiger partial charge in [-0.25, -0.2) is 0 Å². The maximum Gasteiger partial charge on any atom is 0.0640 e. The van der Waals surface area contributed by atoms with E-state index in [2.05, 4.69) is 18.3 Å². The summed E-state index contributed by atoms with van der Waals surface area (Å²) in [5.41, 5.74) is 2.27. The van der Waals surface area contributed by atoms with Crippen LogP contribution in [0.25, 0.3) is 0 Å². The lowest BCUT2D eigenvalue weighted by atomic mass is 10.1. The fourth-order valence-corrected chi connectivity index (χ4v) is 2.56. The summed E-state index contributed by atoms with van der Waals surface area (Å²) in [5, 5.41) is 4.23. The molecule has 0 amide bonds. The minimum Gasteiger partial charge on any atom is -0.384 e. The molecule has 1 aliphatic heterocycles. The summed E-state index contributed by atoms with van der Waals surface area (Å²) >= 11 is 6.15. The molecule has 1 aliphatic rings. The highest BCUT2D eigenvalue weighted by Gasteiger charge is 2.14. The summed E-state index contributed by atoms with van der Waals surface area (Å²) in [4.78, 5) is 0. The second-order valence-electron chi connectivity index (χ2n) is 4.64. The summed E-state index contributed by atoms with van der Waals surface area (Å²) in [6.45, 7) is 3.99. The van der Waals surface area contributed by atoms with E-state index in [9.17, 15) is 0 Å². The predicted octanol–water partition coefficient (Wildman–Crippen LogP) is 4.02. The van der Waals surface area contributed by atoms with Crippen LogP contribution >= 0.6 is 11.6 Å². The van der Waals surface area contributed by atoms with Gasteiger partial charge in [-0.15, -0.1) is 0 Å². The van der Waals surface area contributed by atoms with Gasteiger partial charge in [0.2, 0.25) is 0 Å². The Morgan fingerprint density at radius 1 is 1.47 bits per heavy atom. The van der Waals surface area contributed by atoms with Crippen LogP contribution in [0.5, 0.6) is 0 Å². The molecule has 2 rings (SSSR count). The summed E-state index contributed by atoms with van der Waals surface area (Å²) in [6.07, 6.45) is 5.22. The standard InChI is InChI=1S/C14H20ClNO/c1-11-5-2-8-13(15)14(11)16-9-3-6-12-7-4-10-17-12/h2,5,8,12,16H,3-4,6-7,9-10H2,1H3. The minimum absolute atomic E-state index is 0.490. The molecular weight excluding hydrogens is 234 g/mol. The van der Waals surface area contributed by atoms with Crippen LogP contribution in [0.4, 0.5) is 5.69 Å². The molecule has 1 aromatic carbocycles. The molecule has 1 saturated heterocycles. The van der Waals surface area contributed by atoms with Gasteiger partial charge in [-0.3, -0.25) is 0 Å². The highest BCUT2D eigenvalue weighted by atomic mass is 35.5. The number of hydrogen-bond donors (Lipinski definition) is 1. The molecule has 1 heterocycles. The summed E-state index contributed by atoms with van der Waals surface area (Å²) in [5.74, 6) is 0. The quantitative estimate of drug-likeness (QED) is 0.801. The molecule has 0 aliphatic carbocycles. The lowest BCUT2D eigenvalue weighted by Crippen LogP contribution is -2.09. The van der Waals surface area contributed by atoms with Crippen LogP contribution in [0.1, 0.15) is 31.2 Å². The summed E-state index contributed by atoms with van der Waals surface area (Å²) in [6, 6.07) is 5.99. The number of nitrogens with one attached hydrogen (secondary N) is 1. The molecule has 1 aromatic rings. The molecule has 0 saturated carbocycles. The van der Waals surface area contributed by atoms with E-state index in [-0.39, 0.29) is 0 Å². The average Bonchev–Trinajstić information content (AvgIpc) is 2.80. The SMILES string of the molecule is Cc1cccc(Cl)c1NCCCC1CCCO1. The number of rotatable bonds is 5. The van der Waals surface area contributed by atoms with Crippen LogP contribution < -0.4 is 5.32 Å². The molecule has 1 unspecified atom stereocenters. The van der Waals surface area contributed by atoms with Crippen LogP contribution in [0.2, 0.25) is 5.02 Å². The van der Waals surface area contributed by atoms with E-state index in [1.54, 1.807) is 0 Å². The third-order valence-electron chi connectivity index (χ3n) is 3.25. The number of benzene rings is 1. The lowest BCUT2D eigenvalue weighted by Gasteiger charge is -2.13. The fourth-order valence-electron chi connectivity index (χ4n) is 2.27. The molecule has 94 valence electrons. The fraction of sp³-hybridized carbons (Fsp3) is 0.571. The van der Waals surface area contributed by atoms with Gasteiger partial charge in [0.05, 0.1) is 16.8 Å². The Morgan fingerprint density at radius 2 is 2.35 bits per heavy atom. The molecular formula is C14H20ClNO. The van der Waals surface area contributed by atoms with Crippen molar-refractivity contribution in [1.29, 1.82) is 0 Å². The average molecular weight is 254 g/mol. The van der Waals surface area contributed by atoms with Gasteiger partial charge in [0, 0.05) is 13.2 Å². The first kappa shape index (κ1) is 12.7. The zero-order valence-corrected chi connectivity index (χ0v) is 11.1. The van der Waals surface area contributed by atoms with E-state index in [1.807, 2.05) is 12.1 Å². The Hall–Kier alpha value is -0.730. The smallest absolute Gasteiger partial charge is 0.0640 e. The van der Waals surface area contributed by atoms with Crippen molar-refractivity contribution in [2.45, 2.75) is 38.7 Å². The van der Waals surface area contributed by atoms with Crippen LogP contribution in [0, 0.1) is 6.92 Å². The molecule has 0 radical (unpaired) electrons. The van der Waals surface area contributed by atoms with Gasteiger partial charge in [-0.2, -0.15) is 0 Å². The lowest BCUT2D eigenvalue weighted by molar-refractivity contribution is 0.103. The zero-order valence-electron chi connectivity index (χ0n) is 10.3. The maximum atomic E-state index is 6.15. The predicted molar refractivity (Wildman–Crippen MR) is 72.9 cm³/mol. The van der Waals surface area contributed by atoms with Gasteiger partial charge >= 0.3 is 0 Å². The number of aryl methyl sites for hydroxylation is 1. The maximum absolute atomic E-state index is 6.15. The van der Waals surface area contributed by atoms with Gasteiger partial charge in [0.15, 0.2) is 0 Å². The number of anilines is 1. The molecule has 1 fully saturated rings. The normalized spacial score (nSPS) is 19.5. The number of para-hydroxylation sites is 1. The first-order valence-electron chi connectivity index (χ1n) is 6.38. The van der Waals surface area contributed by atoms with Crippen LogP contribution in [-0.4, -0.2) is 19.3 Å². The molecule has 0 bridgehead atoms. The first-order chi connectivity index (χ1) is 8.27. The molecule has 1 atom stereocenters. The Labute approximate surface area is 108 Å². The van der Waals surface area contributed by atoms with E-state index in [1.165, 1.54) is 18.4 Å². The zero-order chi connectivity index (χ0) is 12.1. The molecule has 17 heavy (non-hydrogen) atoms. The topological polar surface area (TPSA) is 21.3 Å². The van der Waals surface area contributed by atoms with E-state index in [0.717, 1.165) is 36.7 Å². The van der Waals surface area contributed by atoms with Crippen molar-refractivity contribution in [2.24, 2.45) is 0 Å². The summed E-state index contributed by atoms with van der Waals surface area (Å²) < 4.78 is 5.60. The largest absolute Gasteiger partial charge is 0.384 e. The second kappa shape index (κ2) is 6.27. The Morgan fingerprint density at radius 3 is 3.06 bits per heavy atom. The molecule has 3 heteroatoms. The van der Waals surface area contributed by atoms with Crippen molar-refractivity contribution in [3.8, 4) is 0 Å². The number of hydrogen-bond acceptors (Lipinski definition) is 2. The molecule has 0 spiro atoms.